The van der Waals surface area contributed by atoms with E-state index in [0.717, 1.165) is 11.1 Å². The highest BCUT2D eigenvalue weighted by Gasteiger charge is 2.22. The van der Waals surface area contributed by atoms with Gasteiger partial charge in [0, 0.05) is 11.6 Å². The van der Waals surface area contributed by atoms with Crippen molar-refractivity contribution in [1.82, 2.24) is 5.32 Å². The van der Waals surface area contributed by atoms with Gasteiger partial charge >= 0.3 is 0 Å². The second-order valence-corrected chi connectivity index (χ2v) is 10.2. The summed E-state index contributed by atoms with van der Waals surface area (Å²) < 4.78 is 28.7. The van der Waals surface area contributed by atoms with Crippen molar-refractivity contribution in [2.75, 3.05) is 10.0 Å². The summed E-state index contributed by atoms with van der Waals surface area (Å²) in [5.74, 6) is -0.910. The van der Waals surface area contributed by atoms with Crippen LogP contribution in [-0.4, -0.2) is 26.3 Å². The number of amides is 2. The fourth-order valence-corrected chi connectivity index (χ4v) is 4.89. The molecule has 3 N–H and O–H groups in total. The van der Waals surface area contributed by atoms with Crippen molar-refractivity contribution in [2.45, 2.75) is 38.6 Å². The van der Waals surface area contributed by atoms with E-state index in [1.54, 1.807) is 36.4 Å². The molecule has 9 heteroatoms. The first kappa shape index (κ1) is 25.3. The number of hydrogen-bond acceptors (Lipinski definition) is 4. The topological polar surface area (TPSA) is 104 Å². The molecule has 0 spiro atoms. The van der Waals surface area contributed by atoms with Gasteiger partial charge in [-0.05, 0) is 75.2 Å². The van der Waals surface area contributed by atoms with Gasteiger partial charge in [-0.1, -0.05) is 35.9 Å². The van der Waals surface area contributed by atoms with E-state index in [4.69, 9.17) is 11.6 Å². The standard InChI is InChI=1S/C25H26ClN3O4S/c1-15(2)27-25(31)19-9-5-6-10-22(19)28-24(30)18-12-13-20(26)23(14-18)34(32,33)29-21-11-7-8-16(3)17(21)4/h5-15,29H,1-4H3,(H,27,31)(H,28,30). The highest BCUT2D eigenvalue weighted by molar-refractivity contribution is 7.92. The summed E-state index contributed by atoms with van der Waals surface area (Å²) in [7, 11) is -4.07. The molecule has 0 atom stereocenters. The molecule has 0 radical (unpaired) electrons. The Kier molecular flexibility index (Phi) is 7.64. The van der Waals surface area contributed by atoms with Gasteiger partial charge in [0.05, 0.1) is 22.0 Å². The quantitative estimate of drug-likeness (QED) is 0.418. The van der Waals surface area contributed by atoms with Crippen LogP contribution in [0.5, 0.6) is 0 Å². The predicted octanol–water partition coefficient (Wildman–Crippen LogP) is 5.15. The summed E-state index contributed by atoms with van der Waals surface area (Å²) in [6.45, 7) is 7.36. The minimum atomic E-state index is -4.07. The lowest BCUT2D eigenvalue weighted by molar-refractivity contribution is 0.0944. The van der Waals surface area contributed by atoms with Gasteiger partial charge in [-0.3, -0.25) is 14.3 Å². The minimum Gasteiger partial charge on any atom is -0.350 e. The minimum absolute atomic E-state index is 0.0222. The molecule has 0 saturated heterocycles. The molecule has 0 aliphatic heterocycles. The van der Waals surface area contributed by atoms with Crippen molar-refractivity contribution in [3.8, 4) is 0 Å². The average molecular weight is 500 g/mol. The van der Waals surface area contributed by atoms with E-state index >= 15 is 0 Å². The van der Waals surface area contributed by atoms with E-state index in [2.05, 4.69) is 15.4 Å². The molecule has 34 heavy (non-hydrogen) atoms. The molecule has 0 heterocycles. The third-order valence-electron chi connectivity index (χ3n) is 5.17. The summed E-state index contributed by atoms with van der Waals surface area (Å²) in [5.41, 5.74) is 2.81. The molecule has 2 amide bonds. The largest absolute Gasteiger partial charge is 0.350 e. The molecule has 3 rings (SSSR count). The maximum Gasteiger partial charge on any atom is 0.263 e. The monoisotopic (exact) mass is 499 g/mol. The number of sulfonamides is 1. The zero-order valence-corrected chi connectivity index (χ0v) is 20.8. The van der Waals surface area contributed by atoms with Crippen LogP contribution in [0.3, 0.4) is 0 Å². The first-order valence-electron chi connectivity index (χ1n) is 10.6. The van der Waals surface area contributed by atoms with Gasteiger partial charge in [0.15, 0.2) is 0 Å². The third kappa shape index (κ3) is 5.76. The highest BCUT2D eigenvalue weighted by Crippen LogP contribution is 2.28. The number of benzene rings is 3. The van der Waals surface area contributed by atoms with Crippen LogP contribution in [0.2, 0.25) is 5.02 Å². The normalized spacial score (nSPS) is 11.2. The Morgan fingerprint density at radius 2 is 1.56 bits per heavy atom. The average Bonchev–Trinajstić information content (AvgIpc) is 2.76. The van der Waals surface area contributed by atoms with Crippen LogP contribution in [0.4, 0.5) is 11.4 Å². The number of anilines is 2. The van der Waals surface area contributed by atoms with Gasteiger partial charge in [-0.2, -0.15) is 0 Å². The number of rotatable bonds is 7. The van der Waals surface area contributed by atoms with Crippen molar-refractivity contribution >= 4 is 44.8 Å². The second-order valence-electron chi connectivity index (χ2n) is 8.13. The van der Waals surface area contributed by atoms with E-state index in [0.29, 0.717) is 16.9 Å². The number of aryl methyl sites for hydroxylation is 1. The fourth-order valence-electron chi connectivity index (χ4n) is 3.24. The van der Waals surface area contributed by atoms with Crippen molar-refractivity contribution in [3.63, 3.8) is 0 Å². The molecule has 178 valence electrons. The molecule has 0 saturated carbocycles. The van der Waals surface area contributed by atoms with Gasteiger partial charge in [0.2, 0.25) is 0 Å². The number of hydrogen-bond donors (Lipinski definition) is 3. The lowest BCUT2D eigenvalue weighted by atomic mass is 10.1. The number of nitrogens with one attached hydrogen (secondary N) is 3. The molecule has 0 unspecified atom stereocenters. The van der Waals surface area contributed by atoms with Gasteiger partial charge in [-0.15, -0.1) is 0 Å². The second kappa shape index (κ2) is 10.3. The predicted molar refractivity (Wildman–Crippen MR) is 135 cm³/mol. The van der Waals surface area contributed by atoms with E-state index in [1.807, 2.05) is 33.8 Å². The lowest BCUT2D eigenvalue weighted by Crippen LogP contribution is -2.31. The Labute approximate surface area is 204 Å². The van der Waals surface area contributed by atoms with E-state index < -0.39 is 15.9 Å². The fraction of sp³-hybridized carbons (Fsp3) is 0.200. The Morgan fingerprint density at radius 1 is 0.882 bits per heavy atom. The Hall–Kier alpha value is -3.36. The summed E-state index contributed by atoms with van der Waals surface area (Å²) in [6.07, 6.45) is 0. The van der Waals surface area contributed by atoms with E-state index in [1.165, 1.54) is 18.2 Å². The lowest BCUT2D eigenvalue weighted by Gasteiger charge is -2.15. The summed E-state index contributed by atoms with van der Waals surface area (Å²) in [6, 6.07) is 15.8. The first-order valence-corrected chi connectivity index (χ1v) is 12.5. The zero-order valence-electron chi connectivity index (χ0n) is 19.3. The van der Waals surface area contributed by atoms with Crippen LogP contribution in [0.15, 0.2) is 65.6 Å². The van der Waals surface area contributed by atoms with Crippen molar-refractivity contribution in [1.29, 1.82) is 0 Å². The summed E-state index contributed by atoms with van der Waals surface area (Å²) in [5, 5.41) is 5.45. The number of halogens is 1. The Bertz CT molecular complexity index is 1350. The third-order valence-corrected chi connectivity index (χ3v) is 7.02. The smallest absolute Gasteiger partial charge is 0.263 e. The van der Waals surface area contributed by atoms with Crippen LogP contribution < -0.4 is 15.4 Å². The zero-order chi connectivity index (χ0) is 25.0. The molecule has 0 aliphatic rings. The molecule has 0 aromatic heterocycles. The van der Waals surface area contributed by atoms with Crippen LogP contribution >= 0.6 is 11.6 Å². The number of para-hydroxylation sites is 1. The van der Waals surface area contributed by atoms with Gasteiger partial charge in [0.25, 0.3) is 21.8 Å². The molecule has 0 fully saturated rings. The molecule has 7 nitrogen and oxygen atoms in total. The molecule has 3 aromatic rings. The van der Waals surface area contributed by atoms with Crippen molar-refractivity contribution in [2.24, 2.45) is 0 Å². The van der Waals surface area contributed by atoms with E-state index in [-0.39, 0.29) is 27.4 Å². The highest BCUT2D eigenvalue weighted by atomic mass is 35.5. The van der Waals surface area contributed by atoms with Crippen LogP contribution in [0.1, 0.15) is 45.7 Å². The summed E-state index contributed by atoms with van der Waals surface area (Å²) in [4.78, 5) is 25.2. The molecule has 0 bridgehead atoms. The molecular weight excluding hydrogens is 474 g/mol. The Balaban J connectivity index is 1.90. The Morgan fingerprint density at radius 3 is 2.26 bits per heavy atom. The number of carbonyl (C=O) groups excluding carboxylic acids is 2. The van der Waals surface area contributed by atoms with Gasteiger partial charge in [0.1, 0.15) is 4.90 Å². The maximum atomic E-state index is 13.1. The van der Waals surface area contributed by atoms with Crippen LogP contribution in [0, 0.1) is 13.8 Å². The van der Waals surface area contributed by atoms with Gasteiger partial charge in [-0.25, -0.2) is 8.42 Å². The van der Waals surface area contributed by atoms with Crippen molar-refractivity contribution < 1.29 is 18.0 Å². The summed E-state index contributed by atoms with van der Waals surface area (Å²) >= 11 is 6.19. The number of carbonyl (C=O) groups is 2. The molecule has 3 aromatic carbocycles. The molecule has 0 aliphatic carbocycles. The van der Waals surface area contributed by atoms with Gasteiger partial charge < -0.3 is 10.6 Å². The first-order chi connectivity index (χ1) is 16.0. The van der Waals surface area contributed by atoms with Crippen LogP contribution in [0.25, 0.3) is 0 Å². The van der Waals surface area contributed by atoms with Crippen molar-refractivity contribution in [3.05, 3.63) is 87.9 Å². The maximum absolute atomic E-state index is 13.1. The SMILES string of the molecule is Cc1cccc(NS(=O)(=O)c2cc(C(=O)Nc3ccccc3C(=O)NC(C)C)ccc2Cl)c1C. The van der Waals surface area contributed by atoms with Crippen LogP contribution in [-0.2, 0) is 10.0 Å². The van der Waals surface area contributed by atoms with E-state index in [9.17, 15) is 18.0 Å². The molecular formula is C25H26ClN3O4S.